The average Bonchev–Trinajstić information content (AvgIpc) is 2.29. The smallest absolute Gasteiger partial charge is 0.0409 e. The van der Waals surface area contributed by atoms with Crippen molar-refractivity contribution in [2.45, 2.75) is 45.6 Å². The van der Waals surface area contributed by atoms with E-state index in [0.29, 0.717) is 5.92 Å². The number of benzene rings is 1. The molecule has 1 aromatic carbocycles. The molecule has 1 saturated carbocycles. The van der Waals surface area contributed by atoms with Crippen LogP contribution in [0.3, 0.4) is 0 Å². The third kappa shape index (κ3) is 2.71. The molecule has 1 fully saturated rings. The van der Waals surface area contributed by atoms with Gasteiger partial charge in [-0.1, -0.05) is 44.2 Å². The number of hydrogen-bond acceptors (Lipinski definition) is 1. The fourth-order valence-corrected chi connectivity index (χ4v) is 3.47. The van der Waals surface area contributed by atoms with Gasteiger partial charge in [0.1, 0.15) is 0 Å². The van der Waals surface area contributed by atoms with Crippen LogP contribution in [-0.4, -0.2) is 0 Å². The van der Waals surface area contributed by atoms with Gasteiger partial charge in [-0.2, -0.15) is 0 Å². The Morgan fingerprint density at radius 2 is 1.53 bits per heavy atom. The van der Waals surface area contributed by atoms with Gasteiger partial charge in [0.2, 0.25) is 0 Å². The van der Waals surface area contributed by atoms with Gasteiger partial charge < -0.3 is 5.73 Å². The van der Waals surface area contributed by atoms with Crippen LogP contribution in [0.25, 0.3) is 0 Å². The third-order valence-corrected chi connectivity index (χ3v) is 4.42. The molecule has 2 rings (SSSR count). The Bertz CT molecular complexity index is 345. The molecule has 0 aromatic heterocycles. The highest BCUT2D eigenvalue weighted by Crippen LogP contribution is 2.41. The Morgan fingerprint density at radius 3 is 2.06 bits per heavy atom. The van der Waals surface area contributed by atoms with E-state index in [0.717, 1.165) is 11.8 Å². The normalized spacial score (nSPS) is 33.1. The first-order valence-corrected chi connectivity index (χ1v) is 6.84. The van der Waals surface area contributed by atoms with Gasteiger partial charge in [-0.25, -0.2) is 0 Å². The van der Waals surface area contributed by atoms with Gasteiger partial charge in [-0.15, -0.1) is 0 Å². The van der Waals surface area contributed by atoms with Crippen LogP contribution < -0.4 is 5.73 Å². The molecule has 1 heteroatoms. The molecule has 3 atom stereocenters. The second-order valence-electron chi connectivity index (χ2n) is 6.26. The summed E-state index contributed by atoms with van der Waals surface area (Å²) >= 11 is 0. The quantitative estimate of drug-likeness (QED) is 0.820. The molecular formula is C16H25N. The second kappa shape index (κ2) is 4.81. The molecule has 1 aliphatic rings. The lowest BCUT2D eigenvalue weighted by molar-refractivity contribution is 0.145. The molecule has 0 spiro atoms. The molecule has 0 heterocycles. The van der Waals surface area contributed by atoms with Gasteiger partial charge in [0, 0.05) is 5.54 Å². The third-order valence-electron chi connectivity index (χ3n) is 4.42. The Balaban J connectivity index is 2.20. The van der Waals surface area contributed by atoms with Crippen LogP contribution in [0.4, 0.5) is 0 Å². The zero-order valence-electron chi connectivity index (χ0n) is 11.3. The summed E-state index contributed by atoms with van der Waals surface area (Å²) in [5.74, 6) is 2.24. The monoisotopic (exact) mass is 231 g/mol. The van der Waals surface area contributed by atoms with Crippen molar-refractivity contribution in [2.75, 3.05) is 0 Å². The summed E-state index contributed by atoms with van der Waals surface area (Å²) in [5, 5.41) is 0. The van der Waals surface area contributed by atoms with Gasteiger partial charge >= 0.3 is 0 Å². The molecule has 1 aliphatic carbocycles. The zero-order chi connectivity index (χ0) is 12.5. The molecule has 1 nitrogen and oxygen atoms in total. The Morgan fingerprint density at radius 1 is 1.00 bits per heavy atom. The topological polar surface area (TPSA) is 26.0 Å². The number of nitrogens with two attached hydrogens (primary N) is 1. The summed E-state index contributed by atoms with van der Waals surface area (Å²) in [4.78, 5) is 0. The molecule has 0 bridgehead atoms. The molecule has 3 unspecified atom stereocenters. The highest BCUT2D eigenvalue weighted by atomic mass is 14.8. The van der Waals surface area contributed by atoms with Crippen molar-refractivity contribution in [1.29, 1.82) is 0 Å². The summed E-state index contributed by atoms with van der Waals surface area (Å²) in [6, 6.07) is 10.6. The lowest BCUT2D eigenvalue weighted by atomic mass is 9.67. The summed E-state index contributed by atoms with van der Waals surface area (Å²) in [7, 11) is 0. The van der Waals surface area contributed by atoms with Crippen LogP contribution in [0, 0.1) is 17.8 Å². The highest BCUT2D eigenvalue weighted by molar-refractivity contribution is 5.24. The Kier molecular flexibility index (Phi) is 3.58. The molecule has 17 heavy (non-hydrogen) atoms. The van der Waals surface area contributed by atoms with E-state index in [-0.39, 0.29) is 5.54 Å². The first-order chi connectivity index (χ1) is 8.00. The first-order valence-electron chi connectivity index (χ1n) is 6.84. The maximum Gasteiger partial charge on any atom is 0.0409 e. The van der Waals surface area contributed by atoms with Crippen LogP contribution in [0.1, 0.15) is 45.6 Å². The predicted molar refractivity (Wildman–Crippen MR) is 73.7 cm³/mol. The van der Waals surface area contributed by atoms with Gasteiger partial charge in [0.25, 0.3) is 0 Å². The van der Waals surface area contributed by atoms with Crippen molar-refractivity contribution >= 4 is 0 Å². The summed E-state index contributed by atoms with van der Waals surface area (Å²) in [6.45, 7) is 6.94. The van der Waals surface area contributed by atoms with Crippen molar-refractivity contribution in [1.82, 2.24) is 0 Å². The van der Waals surface area contributed by atoms with E-state index in [1.807, 2.05) is 0 Å². The molecule has 0 radical (unpaired) electrons. The predicted octanol–water partition coefficient (Wildman–Crippen LogP) is 3.93. The summed E-state index contributed by atoms with van der Waals surface area (Å²) < 4.78 is 0. The molecule has 0 aliphatic heterocycles. The van der Waals surface area contributed by atoms with E-state index in [1.54, 1.807) is 0 Å². The molecule has 94 valence electrons. The number of rotatable bonds is 2. The fraction of sp³-hybridized carbons (Fsp3) is 0.625. The SMILES string of the molecule is CC1CC(C)CC(C(C)(N)c2ccccc2)C1. The summed E-state index contributed by atoms with van der Waals surface area (Å²) in [6.07, 6.45) is 3.90. The summed E-state index contributed by atoms with van der Waals surface area (Å²) in [5.41, 5.74) is 7.74. The minimum atomic E-state index is -0.176. The molecular weight excluding hydrogens is 206 g/mol. The van der Waals surface area contributed by atoms with Crippen molar-refractivity contribution < 1.29 is 0 Å². The standard InChI is InChI=1S/C16H25N/c1-12-9-13(2)11-15(10-12)16(3,17)14-7-5-4-6-8-14/h4-8,12-13,15H,9-11,17H2,1-3H3. The van der Waals surface area contributed by atoms with Gasteiger partial charge in [0.05, 0.1) is 0 Å². The van der Waals surface area contributed by atoms with E-state index >= 15 is 0 Å². The minimum Gasteiger partial charge on any atom is -0.321 e. The van der Waals surface area contributed by atoms with Crippen LogP contribution in [-0.2, 0) is 5.54 Å². The molecule has 0 saturated heterocycles. The van der Waals surface area contributed by atoms with E-state index in [9.17, 15) is 0 Å². The Labute approximate surface area is 105 Å². The lowest BCUT2D eigenvalue weighted by Gasteiger charge is -2.41. The van der Waals surface area contributed by atoms with E-state index in [4.69, 9.17) is 5.73 Å². The van der Waals surface area contributed by atoms with Crippen LogP contribution in [0.2, 0.25) is 0 Å². The van der Waals surface area contributed by atoms with Crippen LogP contribution >= 0.6 is 0 Å². The van der Waals surface area contributed by atoms with Crippen molar-refractivity contribution in [3.05, 3.63) is 35.9 Å². The van der Waals surface area contributed by atoms with E-state index in [1.165, 1.54) is 24.8 Å². The van der Waals surface area contributed by atoms with Crippen molar-refractivity contribution in [3.8, 4) is 0 Å². The first kappa shape index (κ1) is 12.6. The van der Waals surface area contributed by atoms with Gasteiger partial charge in [-0.3, -0.25) is 0 Å². The van der Waals surface area contributed by atoms with Gasteiger partial charge in [-0.05, 0) is 49.5 Å². The highest BCUT2D eigenvalue weighted by Gasteiger charge is 2.36. The van der Waals surface area contributed by atoms with E-state index in [2.05, 4.69) is 51.1 Å². The van der Waals surface area contributed by atoms with Crippen LogP contribution in [0.5, 0.6) is 0 Å². The van der Waals surface area contributed by atoms with Crippen molar-refractivity contribution in [2.24, 2.45) is 23.5 Å². The van der Waals surface area contributed by atoms with Crippen molar-refractivity contribution in [3.63, 3.8) is 0 Å². The van der Waals surface area contributed by atoms with E-state index < -0.39 is 0 Å². The Hall–Kier alpha value is -0.820. The lowest BCUT2D eigenvalue weighted by Crippen LogP contribution is -2.44. The maximum atomic E-state index is 6.64. The van der Waals surface area contributed by atoms with Gasteiger partial charge in [0.15, 0.2) is 0 Å². The van der Waals surface area contributed by atoms with Crippen LogP contribution in [0.15, 0.2) is 30.3 Å². The fourth-order valence-electron chi connectivity index (χ4n) is 3.47. The zero-order valence-corrected chi connectivity index (χ0v) is 11.3. The minimum absolute atomic E-state index is 0.176. The largest absolute Gasteiger partial charge is 0.321 e. The molecule has 1 aromatic rings. The molecule has 2 N–H and O–H groups in total. The second-order valence-corrected chi connectivity index (χ2v) is 6.26. The maximum absolute atomic E-state index is 6.64. The number of hydrogen-bond donors (Lipinski definition) is 1. The average molecular weight is 231 g/mol. The molecule has 0 amide bonds.